The topological polar surface area (TPSA) is 66.7 Å². The van der Waals surface area contributed by atoms with E-state index in [9.17, 15) is 0 Å². The minimum absolute atomic E-state index is 0.314. The first kappa shape index (κ1) is 19.5. The summed E-state index contributed by atoms with van der Waals surface area (Å²) in [7, 11) is 3.18. The normalized spacial score (nSPS) is 12.7. The number of hydrogen-bond acceptors (Lipinski definition) is 6. The van der Waals surface area contributed by atoms with Crippen molar-refractivity contribution in [2.45, 2.75) is 6.10 Å². The molecule has 2 rings (SSSR count). The number of hydroxylamine groups is 1. The number of hydrogen-bond donors (Lipinski definition) is 2. The molecule has 2 N–H and O–H groups in total. The summed E-state index contributed by atoms with van der Waals surface area (Å²) in [5.41, 5.74) is 5.80. The number of rotatable bonds is 7. The van der Waals surface area contributed by atoms with Crippen molar-refractivity contribution in [3.63, 3.8) is 0 Å². The monoisotopic (exact) mass is 377 g/mol. The molecule has 0 aliphatic carbocycles. The molecule has 1 atom stereocenters. The predicted molar refractivity (Wildman–Crippen MR) is 105 cm³/mol. The molecule has 2 aromatic carbocycles. The van der Waals surface area contributed by atoms with E-state index in [1.807, 2.05) is 54.8 Å². The Bertz CT molecular complexity index is 750. The molecule has 0 aromatic heterocycles. The van der Waals surface area contributed by atoms with Crippen molar-refractivity contribution in [1.29, 1.82) is 5.41 Å². The molecule has 7 heteroatoms. The first-order valence-electron chi connectivity index (χ1n) is 7.53. The van der Waals surface area contributed by atoms with Crippen LogP contribution in [0.3, 0.4) is 0 Å². The summed E-state index contributed by atoms with van der Waals surface area (Å²) in [4.78, 5) is 10.7. The average molecular weight is 378 g/mol. The van der Waals surface area contributed by atoms with Gasteiger partial charge in [-0.05, 0) is 29.5 Å². The molecule has 0 amide bonds. The van der Waals surface area contributed by atoms with Crippen LogP contribution < -0.4 is 5.48 Å². The van der Waals surface area contributed by atoms with Gasteiger partial charge in [-0.3, -0.25) is 10.2 Å². The third-order valence-electron chi connectivity index (χ3n) is 3.51. The molecule has 0 heterocycles. The quantitative estimate of drug-likeness (QED) is 0.429. The van der Waals surface area contributed by atoms with E-state index in [0.717, 1.165) is 16.7 Å². The third kappa shape index (κ3) is 4.83. The standard InChI is InChI=1S/C18H20ClN3O2S/c1-21-24-17(12-8-10-13(19)11-9-12)15-7-5-4-6-14(15)16(22-23-2)18(20)25-3/h4-11,17,20-21H,1-3H3/b20-18?,22-16-. The van der Waals surface area contributed by atoms with Crippen molar-refractivity contribution >= 4 is 34.1 Å². The van der Waals surface area contributed by atoms with Gasteiger partial charge in [0.25, 0.3) is 0 Å². The first-order chi connectivity index (χ1) is 12.1. The van der Waals surface area contributed by atoms with Crippen LogP contribution in [0.1, 0.15) is 22.8 Å². The molecule has 0 saturated heterocycles. The maximum absolute atomic E-state index is 8.19. The molecule has 5 nitrogen and oxygen atoms in total. The number of halogens is 1. The smallest absolute Gasteiger partial charge is 0.141 e. The molecule has 0 fully saturated rings. The number of nitrogens with zero attached hydrogens (tertiary/aromatic N) is 1. The van der Waals surface area contributed by atoms with Gasteiger partial charge in [0.2, 0.25) is 0 Å². The van der Waals surface area contributed by atoms with Crippen molar-refractivity contribution in [2.24, 2.45) is 5.16 Å². The van der Waals surface area contributed by atoms with Crippen LogP contribution in [0.5, 0.6) is 0 Å². The van der Waals surface area contributed by atoms with Crippen molar-refractivity contribution in [3.8, 4) is 0 Å². The number of benzene rings is 2. The third-order valence-corrected chi connectivity index (χ3v) is 4.36. The zero-order valence-corrected chi connectivity index (χ0v) is 15.8. The number of oxime groups is 1. The molecular weight excluding hydrogens is 358 g/mol. The van der Waals surface area contributed by atoms with Crippen molar-refractivity contribution in [2.75, 3.05) is 20.4 Å². The van der Waals surface area contributed by atoms with Gasteiger partial charge in [-0.1, -0.05) is 53.2 Å². The molecule has 0 aliphatic rings. The number of nitrogens with one attached hydrogen (secondary N) is 2. The lowest BCUT2D eigenvalue weighted by Gasteiger charge is -2.21. The highest BCUT2D eigenvalue weighted by Gasteiger charge is 2.23. The fraction of sp³-hybridized carbons (Fsp3) is 0.222. The van der Waals surface area contributed by atoms with Crippen LogP contribution in [0.15, 0.2) is 53.7 Å². The summed E-state index contributed by atoms with van der Waals surface area (Å²) >= 11 is 7.30. The highest BCUT2D eigenvalue weighted by Crippen LogP contribution is 2.30. The summed E-state index contributed by atoms with van der Waals surface area (Å²) < 4.78 is 0. The lowest BCUT2D eigenvalue weighted by Crippen LogP contribution is -2.20. The Morgan fingerprint density at radius 3 is 2.48 bits per heavy atom. The Morgan fingerprint density at radius 2 is 1.88 bits per heavy atom. The fourth-order valence-electron chi connectivity index (χ4n) is 2.41. The van der Waals surface area contributed by atoms with E-state index in [4.69, 9.17) is 26.7 Å². The minimum Gasteiger partial charge on any atom is -0.399 e. The number of thioether (sulfide) groups is 1. The van der Waals surface area contributed by atoms with Gasteiger partial charge in [0, 0.05) is 17.6 Å². The molecule has 0 aliphatic heterocycles. The minimum atomic E-state index is -0.393. The zero-order chi connectivity index (χ0) is 18.2. The van der Waals surface area contributed by atoms with Crippen LogP contribution in [0.4, 0.5) is 0 Å². The molecule has 0 bridgehead atoms. The average Bonchev–Trinajstić information content (AvgIpc) is 2.64. The van der Waals surface area contributed by atoms with E-state index in [1.54, 1.807) is 7.05 Å². The molecule has 132 valence electrons. The lowest BCUT2D eigenvalue weighted by atomic mass is 9.94. The van der Waals surface area contributed by atoms with E-state index >= 15 is 0 Å². The Labute approximate surface area is 156 Å². The van der Waals surface area contributed by atoms with Crippen LogP contribution in [0.25, 0.3) is 0 Å². The second-order valence-corrected chi connectivity index (χ2v) is 6.25. The molecular formula is C18H20ClN3O2S. The highest BCUT2D eigenvalue weighted by molar-refractivity contribution is 8.15. The summed E-state index contributed by atoms with van der Waals surface area (Å²) in [6.45, 7) is 0. The van der Waals surface area contributed by atoms with E-state index in [1.165, 1.54) is 18.9 Å². The summed E-state index contributed by atoms with van der Waals surface area (Å²) in [5.74, 6) is 0. The Morgan fingerprint density at radius 1 is 1.20 bits per heavy atom. The van der Waals surface area contributed by atoms with Gasteiger partial charge in [0.05, 0.1) is 0 Å². The SMILES string of the molecule is CNOC(c1ccc(Cl)cc1)c1ccccc1/C(=N/OC)C(=N)SC. The first-order valence-corrected chi connectivity index (χ1v) is 9.13. The van der Waals surface area contributed by atoms with Crippen molar-refractivity contribution in [3.05, 3.63) is 70.2 Å². The van der Waals surface area contributed by atoms with Gasteiger partial charge < -0.3 is 4.84 Å². The molecule has 0 saturated carbocycles. The Kier molecular flexibility index (Phi) is 7.46. The van der Waals surface area contributed by atoms with Gasteiger partial charge in [0.15, 0.2) is 0 Å². The molecule has 2 aromatic rings. The van der Waals surface area contributed by atoms with Gasteiger partial charge in [0.1, 0.15) is 24.0 Å². The predicted octanol–water partition coefficient (Wildman–Crippen LogP) is 4.27. The molecule has 25 heavy (non-hydrogen) atoms. The summed E-state index contributed by atoms with van der Waals surface area (Å²) in [5, 5.41) is 13.2. The lowest BCUT2D eigenvalue weighted by molar-refractivity contribution is 0.00964. The van der Waals surface area contributed by atoms with Gasteiger partial charge in [-0.2, -0.15) is 0 Å². The highest BCUT2D eigenvalue weighted by atomic mass is 35.5. The molecule has 0 radical (unpaired) electrons. The van der Waals surface area contributed by atoms with E-state index in [2.05, 4.69) is 10.6 Å². The largest absolute Gasteiger partial charge is 0.399 e. The van der Waals surface area contributed by atoms with Gasteiger partial charge >= 0.3 is 0 Å². The molecule has 1 unspecified atom stereocenters. The van der Waals surface area contributed by atoms with Crippen molar-refractivity contribution < 1.29 is 9.68 Å². The van der Waals surface area contributed by atoms with Crippen LogP contribution in [0, 0.1) is 5.41 Å². The zero-order valence-electron chi connectivity index (χ0n) is 14.2. The second-order valence-electron chi connectivity index (χ2n) is 5.00. The van der Waals surface area contributed by atoms with Gasteiger partial charge in [-0.15, -0.1) is 11.8 Å². The maximum Gasteiger partial charge on any atom is 0.141 e. The van der Waals surface area contributed by atoms with Crippen LogP contribution in [-0.4, -0.2) is 31.2 Å². The fourth-order valence-corrected chi connectivity index (χ4v) is 2.88. The Hall–Kier alpha value is -1.86. The summed E-state index contributed by atoms with van der Waals surface area (Å²) in [6, 6.07) is 15.1. The van der Waals surface area contributed by atoms with E-state index < -0.39 is 6.10 Å². The maximum atomic E-state index is 8.19. The van der Waals surface area contributed by atoms with Crippen LogP contribution in [-0.2, 0) is 9.68 Å². The molecule has 0 spiro atoms. The van der Waals surface area contributed by atoms with Crippen LogP contribution in [0.2, 0.25) is 5.02 Å². The van der Waals surface area contributed by atoms with E-state index in [-0.39, 0.29) is 0 Å². The van der Waals surface area contributed by atoms with Crippen LogP contribution >= 0.6 is 23.4 Å². The Balaban J connectivity index is 2.57. The van der Waals surface area contributed by atoms with E-state index in [0.29, 0.717) is 15.8 Å². The van der Waals surface area contributed by atoms with Crippen molar-refractivity contribution in [1.82, 2.24) is 5.48 Å². The second kappa shape index (κ2) is 9.58. The van der Waals surface area contributed by atoms with Gasteiger partial charge in [-0.25, -0.2) is 5.48 Å². The summed E-state index contributed by atoms with van der Waals surface area (Å²) in [6.07, 6.45) is 1.44.